The fraction of sp³-hybridized carbons (Fsp3) is 0.176. The number of nitrogens with zero attached hydrogens (tertiary/aromatic N) is 3. The van der Waals surface area contributed by atoms with E-state index in [1.54, 1.807) is 18.9 Å². The zero-order valence-electron chi connectivity index (χ0n) is 13.0. The van der Waals surface area contributed by atoms with Gasteiger partial charge in [0.25, 0.3) is 0 Å². The molecule has 2 heterocycles. The molecule has 0 fully saturated rings. The van der Waals surface area contributed by atoms with Gasteiger partial charge in [0.15, 0.2) is 5.82 Å². The maximum atomic E-state index is 5.76. The smallest absolute Gasteiger partial charge is 0.212 e. The SMILES string of the molecule is COc1ccccc1[C@@H]1Nn2c(COc3ccccc3)nnc2S1. The first kappa shape index (κ1) is 14.9. The average Bonchev–Trinajstić information content (AvgIpc) is 3.22. The van der Waals surface area contributed by atoms with Gasteiger partial charge in [0.2, 0.25) is 5.16 Å². The molecule has 3 aromatic rings. The van der Waals surface area contributed by atoms with Gasteiger partial charge in [-0.05, 0) is 18.2 Å². The van der Waals surface area contributed by atoms with Gasteiger partial charge in [-0.3, -0.25) is 0 Å². The van der Waals surface area contributed by atoms with Crippen LogP contribution in [0.1, 0.15) is 16.8 Å². The molecule has 7 heteroatoms. The van der Waals surface area contributed by atoms with Crippen molar-refractivity contribution in [3.8, 4) is 11.5 Å². The molecule has 24 heavy (non-hydrogen) atoms. The van der Waals surface area contributed by atoms with E-state index >= 15 is 0 Å². The molecule has 0 saturated carbocycles. The summed E-state index contributed by atoms with van der Waals surface area (Å²) >= 11 is 1.60. The first-order chi connectivity index (χ1) is 11.8. The number of methoxy groups -OCH3 is 1. The van der Waals surface area contributed by atoms with Gasteiger partial charge in [-0.25, -0.2) is 4.68 Å². The van der Waals surface area contributed by atoms with Crippen LogP contribution in [-0.4, -0.2) is 22.0 Å². The maximum Gasteiger partial charge on any atom is 0.212 e. The lowest BCUT2D eigenvalue weighted by Gasteiger charge is -2.15. The summed E-state index contributed by atoms with van der Waals surface area (Å²) in [7, 11) is 1.68. The van der Waals surface area contributed by atoms with E-state index < -0.39 is 0 Å². The van der Waals surface area contributed by atoms with Gasteiger partial charge in [-0.2, -0.15) is 0 Å². The van der Waals surface area contributed by atoms with Crippen molar-refractivity contribution in [2.24, 2.45) is 0 Å². The molecular weight excluding hydrogens is 324 g/mol. The number of aromatic nitrogens is 3. The summed E-state index contributed by atoms with van der Waals surface area (Å²) in [5.74, 6) is 2.39. The summed E-state index contributed by atoms with van der Waals surface area (Å²) in [5, 5.41) is 9.28. The highest BCUT2D eigenvalue weighted by Crippen LogP contribution is 2.41. The lowest BCUT2D eigenvalue weighted by molar-refractivity contribution is 0.291. The van der Waals surface area contributed by atoms with Gasteiger partial charge in [0, 0.05) is 5.56 Å². The molecule has 0 radical (unpaired) electrons. The molecule has 1 atom stereocenters. The van der Waals surface area contributed by atoms with Crippen molar-refractivity contribution in [3.05, 3.63) is 66.0 Å². The van der Waals surface area contributed by atoms with Crippen molar-refractivity contribution in [3.63, 3.8) is 0 Å². The standard InChI is InChI=1S/C17H16N4O2S/c1-22-14-10-6-5-9-13(14)16-20-21-15(18-19-17(21)24-16)11-23-12-7-3-2-4-8-12/h2-10,16,20H,11H2,1H3/t16-/m1/s1. The molecule has 4 rings (SSSR count). The van der Waals surface area contributed by atoms with E-state index in [-0.39, 0.29) is 5.37 Å². The Bertz CT molecular complexity index is 838. The highest BCUT2D eigenvalue weighted by Gasteiger charge is 2.29. The van der Waals surface area contributed by atoms with Crippen LogP contribution in [0, 0.1) is 0 Å². The molecule has 1 aromatic heterocycles. The zero-order chi connectivity index (χ0) is 16.4. The Kier molecular flexibility index (Phi) is 4.00. The Morgan fingerprint density at radius 3 is 2.71 bits per heavy atom. The van der Waals surface area contributed by atoms with Gasteiger partial charge in [0.1, 0.15) is 23.5 Å². The van der Waals surface area contributed by atoms with Gasteiger partial charge in [-0.15, -0.1) is 10.2 Å². The van der Waals surface area contributed by atoms with Crippen LogP contribution in [-0.2, 0) is 6.61 Å². The number of rotatable bonds is 5. The summed E-state index contributed by atoms with van der Waals surface area (Å²) in [6.07, 6.45) is 0. The van der Waals surface area contributed by atoms with Crippen LogP contribution in [0.3, 0.4) is 0 Å². The Morgan fingerprint density at radius 1 is 1.08 bits per heavy atom. The summed E-state index contributed by atoms with van der Waals surface area (Å²) in [5.41, 5.74) is 4.48. The van der Waals surface area contributed by atoms with Crippen molar-refractivity contribution in [1.29, 1.82) is 0 Å². The third kappa shape index (κ3) is 2.78. The first-order valence-electron chi connectivity index (χ1n) is 7.53. The Morgan fingerprint density at radius 2 is 1.88 bits per heavy atom. The van der Waals surface area contributed by atoms with Crippen LogP contribution < -0.4 is 14.9 Å². The van der Waals surface area contributed by atoms with Crippen molar-refractivity contribution < 1.29 is 9.47 Å². The maximum absolute atomic E-state index is 5.76. The van der Waals surface area contributed by atoms with E-state index in [1.807, 2.05) is 59.3 Å². The topological polar surface area (TPSA) is 61.2 Å². The number of nitrogens with one attached hydrogen (secondary N) is 1. The summed E-state index contributed by atoms with van der Waals surface area (Å²) < 4.78 is 13.1. The van der Waals surface area contributed by atoms with Gasteiger partial charge < -0.3 is 14.9 Å². The molecule has 122 valence electrons. The van der Waals surface area contributed by atoms with Crippen LogP contribution in [0.4, 0.5) is 0 Å². The molecule has 0 amide bonds. The molecule has 1 N–H and O–H groups in total. The van der Waals surface area contributed by atoms with E-state index in [0.29, 0.717) is 6.61 Å². The van der Waals surface area contributed by atoms with Crippen molar-refractivity contribution in [2.45, 2.75) is 17.1 Å². The molecule has 6 nitrogen and oxygen atoms in total. The molecular formula is C17H16N4O2S. The lowest BCUT2D eigenvalue weighted by Crippen LogP contribution is -2.17. The second-order valence-corrected chi connectivity index (χ2v) is 6.28. The monoisotopic (exact) mass is 340 g/mol. The number of hydrogen-bond donors (Lipinski definition) is 1. The molecule has 0 saturated heterocycles. The number of para-hydroxylation sites is 2. The summed E-state index contributed by atoms with van der Waals surface area (Å²) in [4.78, 5) is 0. The minimum Gasteiger partial charge on any atom is -0.496 e. The minimum atomic E-state index is 0.0297. The van der Waals surface area contributed by atoms with Crippen molar-refractivity contribution in [2.75, 3.05) is 12.5 Å². The second kappa shape index (κ2) is 6.45. The highest BCUT2D eigenvalue weighted by molar-refractivity contribution is 7.99. The second-order valence-electron chi connectivity index (χ2n) is 5.20. The van der Waals surface area contributed by atoms with E-state index in [0.717, 1.165) is 28.0 Å². The average molecular weight is 340 g/mol. The minimum absolute atomic E-state index is 0.0297. The van der Waals surface area contributed by atoms with Crippen LogP contribution in [0.5, 0.6) is 11.5 Å². The number of ether oxygens (including phenoxy) is 2. The fourth-order valence-electron chi connectivity index (χ4n) is 2.53. The van der Waals surface area contributed by atoms with Crippen LogP contribution in [0.2, 0.25) is 0 Å². The van der Waals surface area contributed by atoms with Gasteiger partial charge in [0.05, 0.1) is 7.11 Å². The Balaban J connectivity index is 1.50. The van der Waals surface area contributed by atoms with Gasteiger partial charge >= 0.3 is 0 Å². The van der Waals surface area contributed by atoms with Crippen molar-refractivity contribution >= 4 is 11.8 Å². The molecule has 2 aromatic carbocycles. The zero-order valence-corrected chi connectivity index (χ0v) is 13.9. The van der Waals surface area contributed by atoms with E-state index in [1.165, 1.54) is 0 Å². The molecule has 0 aliphatic carbocycles. The molecule has 0 unspecified atom stereocenters. The quantitative estimate of drug-likeness (QED) is 0.769. The molecule has 0 spiro atoms. The van der Waals surface area contributed by atoms with Crippen LogP contribution >= 0.6 is 11.8 Å². The van der Waals surface area contributed by atoms with Crippen LogP contribution in [0.25, 0.3) is 0 Å². The number of fused-ring (bicyclic) bond motifs is 1. The number of benzene rings is 2. The Labute approximate surface area is 143 Å². The number of thioether (sulfide) groups is 1. The van der Waals surface area contributed by atoms with E-state index in [9.17, 15) is 0 Å². The fourth-order valence-corrected chi connectivity index (χ4v) is 3.57. The summed E-state index contributed by atoms with van der Waals surface area (Å²) in [6.45, 7) is 0.350. The van der Waals surface area contributed by atoms with E-state index in [2.05, 4.69) is 15.6 Å². The third-order valence-corrected chi connectivity index (χ3v) is 4.77. The summed E-state index contributed by atoms with van der Waals surface area (Å²) in [6, 6.07) is 17.6. The Hall–Kier alpha value is -2.67. The molecule has 1 aliphatic heterocycles. The predicted octanol–water partition coefficient (Wildman–Crippen LogP) is 3.21. The van der Waals surface area contributed by atoms with E-state index in [4.69, 9.17) is 9.47 Å². The first-order valence-corrected chi connectivity index (χ1v) is 8.41. The van der Waals surface area contributed by atoms with Crippen LogP contribution in [0.15, 0.2) is 59.8 Å². The normalized spacial score (nSPS) is 15.6. The third-order valence-electron chi connectivity index (χ3n) is 3.70. The van der Waals surface area contributed by atoms with Crippen molar-refractivity contribution in [1.82, 2.24) is 14.9 Å². The predicted molar refractivity (Wildman–Crippen MR) is 91.7 cm³/mol. The number of hydrogen-bond acceptors (Lipinski definition) is 6. The molecule has 1 aliphatic rings. The lowest BCUT2D eigenvalue weighted by atomic mass is 10.2. The largest absolute Gasteiger partial charge is 0.496 e. The van der Waals surface area contributed by atoms with Gasteiger partial charge in [-0.1, -0.05) is 48.2 Å². The molecule has 0 bridgehead atoms. The highest BCUT2D eigenvalue weighted by atomic mass is 32.2.